The SMILES string of the molecule is COC(=O)c1ccccc1/N=C/C1=CCC(CCCC(C)(C)O)CC1. The number of carbonyl (C=O) groups is 1. The number of hydrogen-bond acceptors (Lipinski definition) is 4. The molecule has 0 saturated heterocycles. The first kappa shape index (κ1) is 19.4. The van der Waals surface area contributed by atoms with Gasteiger partial charge in [0.2, 0.25) is 0 Å². The molecule has 4 heteroatoms. The largest absolute Gasteiger partial charge is 0.465 e. The Morgan fingerprint density at radius 3 is 2.80 bits per heavy atom. The van der Waals surface area contributed by atoms with Gasteiger partial charge in [0.05, 0.1) is 24.0 Å². The van der Waals surface area contributed by atoms with Crippen LogP contribution in [0.25, 0.3) is 0 Å². The Hall–Kier alpha value is -1.94. The van der Waals surface area contributed by atoms with Gasteiger partial charge in [0, 0.05) is 6.21 Å². The number of aliphatic imine (C=N–C) groups is 1. The van der Waals surface area contributed by atoms with E-state index in [1.54, 1.807) is 6.07 Å². The summed E-state index contributed by atoms with van der Waals surface area (Å²) in [6, 6.07) is 7.23. The highest BCUT2D eigenvalue weighted by Crippen LogP contribution is 2.28. The second-order valence-corrected chi connectivity index (χ2v) is 7.39. The third-order valence-corrected chi connectivity index (χ3v) is 4.63. The lowest BCUT2D eigenvalue weighted by Crippen LogP contribution is -2.18. The van der Waals surface area contributed by atoms with E-state index in [1.165, 1.54) is 12.7 Å². The maximum atomic E-state index is 11.8. The van der Waals surface area contributed by atoms with Gasteiger partial charge < -0.3 is 9.84 Å². The molecule has 1 aliphatic carbocycles. The van der Waals surface area contributed by atoms with E-state index in [4.69, 9.17) is 4.74 Å². The first-order chi connectivity index (χ1) is 11.9. The first-order valence-electron chi connectivity index (χ1n) is 9.02. The molecule has 1 N–H and O–H groups in total. The molecule has 0 saturated carbocycles. The zero-order valence-corrected chi connectivity index (χ0v) is 15.5. The van der Waals surface area contributed by atoms with E-state index in [2.05, 4.69) is 11.1 Å². The molecule has 1 aliphatic rings. The molecule has 0 bridgehead atoms. The number of benzene rings is 1. The Morgan fingerprint density at radius 1 is 1.40 bits per heavy atom. The molecule has 0 spiro atoms. The van der Waals surface area contributed by atoms with Crippen LogP contribution in [0.15, 0.2) is 40.9 Å². The van der Waals surface area contributed by atoms with Crippen molar-refractivity contribution >= 4 is 17.9 Å². The van der Waals surface area contributed by atoms with Crippen molar-refractivity contribution in [2.75, 3.05) is 7.11 Å². The minimum absolute atomic E-state index is 0.364. The number of esters is 1. The summed E-state index contributed by atoms with van der Waals surface area (Å²) >= 11 is 0. The Labute approximate surface area is 150 Å². The molecule has 0 fully saturated rings. The number of nitrogens with zero attached hydrogens (tertiary/aromatic N) is 1. The second-order valence-electron chi connectivity index (χ2n) is 7.39. The van der Waals surface area contributed by atoms with Crippen LogP contribution in [0.2, 0.25) is 0 Å². The lowest BCUT2D eigenvalue weighted by molar-refractivity contribution is 0.0601. The quantitative estimate of drug-likeness (QED) is 0.569. The number of carbonyl (C=O) groups excluding carboxylic acids is 1. The zero-order chi connectivity index (χ0) is 18.3. The fourth-order valence-electron chi connectivity index (χ4n) is 3.13. The average Bonchev–Trinajstić information content (AvgIpc) is 2.59. The highest BCUT2D eigenvalue weighted by atomic mass is 16.5. The Kier molecular flexibility index (Phi) is 6.94. The van der Waals surface area contributed by atoms with Crippen molar-refractivity contribution in [1.82, 2.24) is 0 Å². The monoisotopic (exact) mass is 343 g/mol. The number of methoxy groups -OCH3 is 1. The number of aliphatic hydroxyl groups is 1. The number of hydrogen-bond donors (Lipinski definition) is 1. The summed E-state index contributed by atoms with van der Waals surface area (Å²) in [5, 5.41) is 9.78. The summed E-state index contributed by atoms with van der Waals surface area (Å²) < 4.78 is 4.80. The van der Waals surface area contributed by atoms with E-state index >= 15 is 0 Å². The number of ether oxygens (including phenoxy) is 1. The van der Waals surface area contributed by atoms with Crippen molar-refractivity contribution in [1.29, 1.82) is 0 Å². The van der Waals surface area contributed by atoms with Gasteiger partial charge in [0.1, 0.15) is 0 Å². The van der Waals surface area contributed by atoms with Crippen LogP contribution in [0.5, 0.6) is 0 Å². The molecule has 0 heterocycles. The highest BCUT2D eigenvalue weighted by molar-refractivity contribution is 5.96. The topological polar surface area (TPSA) is 58.9 Å². The minimum Gasteiger partial charge on any atom is -0.465 e. The van der Waals surface area contributed by atoms with E-state index in [0.717, 1.165) is 38.5 Å². The van der Waals surface area contributed by atoms with Gasteiger partial charge in [-0.25, -0.2) is 4.79 Å². The molecule has 1 aromatic carbocycles. The normalized spacial score (nSPS) is 18.2. The van der Waals surface area contributed by atoms with Crippen molar-refractivity contribution < 1.29 is 14.6 Å². The van der Waals surface area contributed by atoms with Crippen LogP contribution in [0.3, 0.4) is 0 Å². The zero-order valence-electron chi connectivity index (χ0n) is 15.5. The second kappa shape index (κ2) is 8.95. The summed E-state index contributed by atoms with van der Waals surface area (Å²) in [5.41, 5.74) is 1.79. The van der Waals surface area contributed by atoms with Gasteiger partial charge in [0.15, 0.2) is 0 Å². The van der Waals surface area contributed by atoms with Gasteiger partial charge in [-0.2, -0.15) is 0 Å². The lowest BCUT2D eigenvalue weighted by atomic mass is 9.85. The van der Waals surface area contributed by atoms with E-state index in [9.17, 15) is 9.90 Å². The molecule has 25 heavy (non-hydrogen) atoms. The van der Waals surface area contributed by atoms with E-state index in [0.29, 0.717) is 17.2 Å². The maximum absolute atomic E-state index is 11.8. The average molecular weight is 343 g/mol. The summed E-state index contributed by atoms with van der Waals surface area (Å²) in [5.74, 6) is 0.333. The maximum Gasteiger partial charge on any atom is 0.340 e. The number of para-hydroxylation sites is 1. The van der Waals surface area contributed by atoms with Crippen LogP contribution in [-0.4, -0.2) is 30.0 Å². The Balaban J connectivity index is 1.90. The van der Waals surface area contributed by atoms with Crippen LogP contribution < -0.4 is 0 Å². The molecule has 1 aromatic rings. The number of allylic oxidation sites excluding steroid dienone is 2. The van der Waals surface area contributed by atoms with Crippen LogP contribution in [0, 0.1) is 5.92 Å². The van der Waals surface area contributed by atoms with Gasteiger partial charge in [-0.3, -0.25) is 4.99 Å². The van der Waals surface area contributed by atoms with Gasteiger partial charge in [0.25, 0.3) is 0 Å². The Morgan fingerprint density at radius 2 is 2.16 bits per heavy atom. The van der Waals surface area contributed by atoms with Gasteiger partial charge in [-0.15, -0.1) is 0 Å². The molecule has 0 radical (unpaired) electrons. The summed E-state index contributed by atoms with van der Waals surface area (Å²) in [7, 11) is 1.38. The fourth-order valence-corrected chi connectivity index (χ4v) is 3.13. The molecule has 4 nitrogen and oxygen atoms in total. The molecular weight excluding hydrogens is 314 g/mol. The van der Waals surface area contributed by atoms with Crippen LogP contribution in [0.1, 0.15) is 62.7 Å². The van der Waals surface area contributed by atoms with Crippen molar-refractivity contribution in [3.63, 3.8) is 0 Å². The number of rotatable bonds is 7. The van der Waals surface area contributed by atoms with E-state index in [-0.39, 0.29) is 5.97 Å². The van der Waals surface area contributed by atoms with Crippen LogP contribution >= 0.6 is 0 Å². The summed E-state index contributed by atoms with van der Waals surface area (Å²) in [6.07, 6.45) is 10.4. The molecule has 1 unspecified atom stereocenters. The van der Waals surface area contributed by atoms with E-state index in [1.807, 2.05) is 38.3 Å². The predicted octanol–water partition coefficient (Wildman–Crippen LogP) is 4.84. The smallest absolute Gasteiger partial charge is 0.340 e. The predicted molar refractivity (Wildman–Crippen MR) is 102 cm³/mol. The molecule has 136 valence electrons. The molecule has 0 amide bonds. The highest BCUT2D eigenvalue weighted by Gasteiger charge is 2.17. The Bertz CT molecular complexity index is 641. The van der Waals surface area contributed by atoms with Crippen molar-refractivity contribution in [2.45, 2.75) is 58.0 Å². The first-order valence-corrected chi connectivity index (χ1v) is 9.02. The molecular formula is C21H29NO3. The standard InChI is InChI=1S/C21H29NO3/c1-21(2,24)14-6-7-16-10-12-17(13-11-16)15-22-19-9-5-4-8-18(19)20(23)25-3/h4-5,8-9,12,15-16,24H,6-7,10-11,13-14H2,1-3H3/b22-15+. The third-order valence-electron chi connectivity index (χ3n) is 4.63. The van der Waals surface area contributed by atoms with Crippen molar-refractivity contribution in [3.8, 4) is 0 Å². The summed E-state index contributed by atoms with van der Waals surface area (Å²) in [4.78, 5) is 16.3. The third kappa shape index (κ3) is 6.46. The van der Waals surface area contributed by atoms with Gasteiger partial charge >= 0.3 is 5.97 Å². The van der Waals surface area contributed by atoms with Crippen molar-refractivity contribution in [3.05, 3.63) is 41.5 Å². The fraction of sp³-hybridized carbons (Fsp3) is 0.524. The molecule has 2 rings (SSSR count). The molecule has 1 atom stereocenters. The molecule has 0 aliphatic heterocycles. The molecule has 0 aromatic heterocycles. The van der Waals surface area contributed by atoms with Gasteiger partial charge in [-0.05, 0) is 63.2 Å². The van der Waals surface area contributed by atoms with Gasteiger partial charge in [-0.1, -0.05) is 31.1 Å². The van der Waals surface area contributed by atoms with Crippen molar-refractivity contribution in [2.24, 2.45) is 10.9 Å². The minimum atomic E-state index is -0.560. The lowest BCUT2D eigenvalue weighted by Gasteiger charge is -2.22. The van der Waals surface area contributed by atoms with E-state index < -0.39 is 5.60 Å². The van der Waals surface area contributed by atoms with Crippen LogP contribution in [0.4, 0.5) is 5.69 Å². The summed E-state index contributed by atoms with van der Waals surface area (Å²) in [6.45, 7) is 3.74. The van der Waals surface area contributed by atoms with Crippen LogP contribution in [-0.2, 0) is 4.74 Å².